The summed E-state index contributed by atoms with van der Waals surface area (Å²) in [7, 11) is 0. The number of anilines is 1. The molecule has 176 valence electrons. The summed E-state index contributed by atoms with van der Waals surface area (Å²) in [5.41, 5.74) is 1.34. The maximum absolute atomic E-state index is 13.3. The molecular weight excluding hydrogens is 436 g/mol. The zero-order chi connectivity index (χ0) is 23.3. The minimum Gasteiger partial charge on any atom is -0.454 e. The molecule has 1 aromatic heterocycles. The highest BCUT2D eigenvalue weighted by atomic mass is 16.7. The Morgan fingerprint density at radius 3 is 2.65 bits per heavy atom. The fourth-order valence-electron chi connectivity index (χ4n) is 4.26. The van der Waals surface area contributed by atoms with E-state index in [0.29, 0.717) is 23.0 Å². The van der Waals surface area contributed by atoms with Crippen molar-refractivity contribution >= 4 is 17.5 Å². The Balaban J connectivity index is 1.33. The zero-order valence-corrected chi connectivity index (χ0v) is 18.7. The van der Waals surface area contributed by atoms with E-state index < -0.39 is 0 Å². The Hall–Kier alpha value is -3.95. The molecule has 2 amide bonds. The van der Waals surface area contributed by atoms with Gasteiger partial charge in [0.15, 0.2) is 11.5 Å². The minimum atomic E-state index is -0.338. The number of nitrogens with one attached hydrogen (secondary N) is 1. The number of amides is 2. The molecule has 5 rings (SSSR count). The molecule has 0 saturated heterocycles. The summed E-state index contributed by atoms with van der Waals surface area (Å²) >= 11 is 0. The van der Waals surface area contributed by atoms with Crippen LogP contribution in [0.25, 0.3) is 11.4 Å². The standard InChI is InChI=1S/C24H26N6O4/c31-22(25-18-9-5-2-6-10-18)14-29(19-11-12-20-21(13-19)34-16-33-20)23(32)15-30-27-24(26-28-30)17-7-3-1-4-8-17/h1,3-4,7-8,11-13,18H,2,5-6,9-10,14-16H2,(H,25,31). The van der Waals surface area contributed by atoms with Gasteiger partial charge >= 0.3 is 0 Å². The second-order valence-corrected chi connectivity index (χ2v) is 8.43. The number of hydrogen-bond acceptors (Lipinski definition) is 7. The van der Waals surface area contributed by atoms with E-state index in [1.165, 1.54) is 16.1 Å². The molecule has 2 aliphatic rings. The zero-order valence-electron chi connectivity index (χ0n) is 18.7. The van der Waals surface area contributed by atoms with E-state index in [0.717, 1.165) is 31.2 Å². The van der Waals surface area contributed by atoms with E-state index in [1.807, 2.05) is 30.3 Å². The Morgan fingerprint density at radius 1 is 1.03 bits per heavy atom. The van der Waals surface area contributed by atoms with Crippen LogP contribution < -0.4 is 19.7 Å². The number of tetrazole rings is 1. The second kappa shape index (κ2) is 9.90. The van der Waals surface area contributed by atoms with Gasteiger partial charge in [-0.1, -0.05) is 49.6 Å². The molecule has 1 aliphatic heterocycles. The monoisotopic (exact) mass is 462 g/mol. The molecule has 2 heterocycles. The van der Waals surface area contributed by atoms with E-state index in [-0.39, 0.29) is 37.7 Å². The lowest BCUT2D eigenvalue weighted by Gasteiger charge is -2.26. The summed E-state index contributed by atoms with van der Waals surface area (Å²) in [6.07, 6.45) is 5.35. The third-order valence-corrected chi connectivity index (χ3v) is 6.00. The van der Waals surface area contributed by atoms with Crippen LogP contribution in [0.5, 0.6) is 11.5 Å². The van der Waals surface area contributed by atoms with Crippen LogP contribution in [0, 0.1) is 0 Å². The predicted octanol–water partition coefficient (Wildman–Crippen LogP) is 2.55. The van der Waals surface area contributed by atoms with Gasteiger partial charge in [-0.2, -0.15) is 4.80 Å². The van der Waals surface area contributed by atoms with E-state index >= 15 is 0 Å². The van der Waals surface area contributed by atoms with Crippen LogP contribution in [0.15, 0.2) is 48.5 Å². The molecule has 34 heavy (non-hydrogen) atoms. The Labute approximate surface area is 196 Å². The van der Waals surface area contributed by atoms with Crippen molar-refractivity contribution in [1.82, 2.24) is 25.5 Å². The molecule has 10 heteroatoms. The number of carbonyl (C=O) groups is 2. The number of aromatic nitrogens is 4. The van der Waals surface area contributed by atoms with E-state index in [9.17, 15) is 9.59 Å². The van der Waals surface area contributed by atoms with Crippen LogP contribution in [-0.2, 0) is 16.1 Å². The van der Waals surface area contributed by atoms with Crippen molar-refractivity contribution in [3.8, 4) is 22.9 Å². The quantitative estimate of drug-likeness (QED) is 0.574. The van der Waals surface area contributed by atoms with Crippen LogP contribution in [-0.4, -0.2) is 51.4 Å². The normalized spacial score (nSPS) is 15.2. The maximum atomic E-state index is 13.3. The lowest BCUT2D eigenvalue weighted by Crippen LogP contribution is -2.45. The number of benzene rings is 2. The average Bonchev–Trinajstić information content (AvgIpc) is 3.53. The molecule has 0 bridgehead atoms. The van der Waals surface area contributed by atoms with Crippen molar-refractivity contribution in [2.45, 2.75) is 44.7 Å². The smallest absolute Gasteiger partial charge is 0.251 e. The Kier molecular flexibility index (Phi) is 6.37. The van der Waals surface area contributed by atoms with Crippen molar-refractivity contribution in [1.29, 1.82) is 0 Å². The third-order valence-electron chi connectivity index (χ3n) is 6.00. The molecular formula is C24H26N6O4. The lowest BCUT2D eigenvalue weighted by molar-refractivity contribution is -0.124. The predicted molar refractivity (Wildman–Crippen MR) is 123 cm³/mol. The molecule has 0 spiro atoms. The van der Waals surface area contributed by atoms with Crippen molar-refractivity contribution in [3.05, 3.63) is 48.5 Å². The first-order valence-electron chi connectivity index (χ1n) is 11.5. The molecule has 1 saturated carbocycles. The van der Waals surface area contributed by atoms with Crippen LogP contribution in [0.4, 0.5) is 5.69 Å². The molecule has 1 fully saturated rings. The summed E-state index contributed by atoms with van der Waals surface area (Å²) in [5, 5.41) is 15.5. The fraction of sp³-hybridized carbons (Fsp3) is 0.375. The highest BCUT2D eigenvalue weighted by Gasteiger charge is 2.25. The van der Waals surface area contributed by atoms with Gasteiger partial charge in [-0.3, -0.25) is 9.59 Å². The number of rotatable bonds is 7. The van der Waals surface area contributed by atoms with Gasteiger partial charge in [-0.25, -0.2) is 0 Å². The first-order valence-corrected chi connectivity index (χ1v) is 11.5. The fourth-order valence-corrected chi connectivity index (χ4v) is 4.26. The first kappa shape index (κ1) is 21.9. The number of hydrogen-bond donors (Lipinski definition) is 1. The van der Waals surface area contributed by atoms with Crippen molar-refractivity contribution < 1.29 is 19.1 Å². The SMILES string of the molecule is O=C(CN(C(=O)Cn1nnc(-c2ccccc2)n1)c1ccc2c(c1)OCO2)NC1CCCCC1. The average molecular weight is 463 g/mol. The van der Waals surface area contributed by atoms with Crippen LogP contribution >= 0.6 is 0 Å². The molecule has 1 N–H and O–H groups in total. The van der Waals surface area contributed by atoms with Crippen LogP contribution in [0.3, 0.4) is 0 Å². The topological polar surface area (TPSA) is 111 Å². The van der Waals surface area contributed by atoms with Gasteiger partial charge in [0, 0.05) is 23.4 Å². The van der Waals surface area contributed by atoms with Gasteiger partial charge in [0.1, 0.15) is 13.1 Å². The summed E-state index contributed by atoms with van der Waals surface area (Å²) in [4.78, 5) is 28.9. The number of fused-ring (bicyclic) bond motifs is 1. The van der Waals surface area contributed by atoms with Gasteiger partial charge in [-0.05, 0) is 30.2 Å². The highest BCUT2D eigenvalue weighted by Crippen LogP contribution is 2.35. The molecule has 10 nitrogen and oxygen atoms in total. The molecule has 0 unspecified atom stereocenters. The summed E-state index contributed by atoms with van der Waals surface area (Å²) in [6, 6.07) is 14.7. The van der Waals surface area contributed by atoms with Crippen molar-refractivity contribution in [2.75, 3.05) is 18.2 Å². The first-order chi connectivity index (χ1) is 16.7. The summed E-state index contributed by atoms with van der Waals surface area (Å²) in [6.45, 7) is -0.153. The minimum absolute atomic E-state index is 0.116. The van der Waals surface area contributed by atoms with E-state index in [1.54, 1.807) is 18.2 Å². The van der Waals surface area contributed by atoms with Gasteiger partial charge in [0.2, 0.25) is 18.5 Å². The lowest BCUT2D eigenvalue weighted by atomic mass is 9.95. The molecule has 1 aliphatic carbocycles. The van der Waals surface area contributed by atoms with Gasteiger partial charge < -0.3 is 19.7 Å². The number of nitrogens with zero attached hydrogens (tertiary/aromatic N) is 5. The largest absolute Gasteiger partial charge is 0.454 e. The summed E-state index contributed by atoms with van der Waals surface area (Å²) < 4.78 is 10.8. The second-order valence-electron chi connectivity index (χ2n) is 8.43. The summed E-state index contributed by atoms with van der Waals surface area (Å²) in [5.74, 6) is 1.03. The van der Waals surface area contributed by atoms with Gasteiger partial charge in [0.25, 0.3) is 5.91 Å². The molecule has 0 radical (unpaired) electrons. The van der Waals surface area contributed by atoms with E-state index in [2.05, 4.69) is 20.7 Å². The number of ether oxygens (including phenoxy) is 2. The Bertz CT molecular complexity index is 1160. The molecule has 3 aromatic rings. The maximum Gasteiger partial charge on any atom is 0.251 e. The van der Waals surface area contributed by atoms with E-state index in [4.69, 9.17) is 9.47 Å². The highest BCUT2D eigenvalue weighted by molar-refractivity contribution is 5.98. The molecule has 2 aromatic carbocycles. The van der Waals surface area contributed by atoms with Crippen LogP contribution in [0.1, 0.15) is 32.1 Å². The van der Waals surface area contributed by atoms with Crippen molar-refractivity contribution in [3.63, 3.8) is 0 Å². The number of carbonyl (C=O) groups excluding carboxylic acids is 2. The Morgan fingerprint density at radius 2 is 1.82 bits per heavy atom. The molecule has 0 atom stereocenters. The van der Waals surface area contributed by atoms with Crippen LogP contribution in [0.2, 0.25) is 0 Å². The van der Waals surface area contributed by atoms with Gasteiger partial charge in [-0.15, -0.1) is 10.2 Å². The van der Waals surface area contributed by atoms with Crippen molar-refractivity contribution in [2.24, 2.45) is 0 Å². The van der Waals surface area contributed by atoms with Gasteiger partial charge in [0.05, 0.1) is 0 Å². The third kappa shape index (κ3) is 5.00.